The van der Waals surface area contributed by atoms with Gasteiger partial charge in [-0.25, -0.2) is 9.68 Å². The van der Waals surface area contributed by atoms with Crippen molar-refractivity contribution in [2.45, 2.75) is 13.2 Å². The van der Waals surface area contributed by atoms with Crippen LogP contribution < -0.4 is 16.7 Å². The summed E-state index contributed by atoms with van der Waals surface area (Å²) in [4.78, 5) is 41.0. The third kappa shape index (κ3) is 8.26. The number of carbonyl (C=O) groups is 2. The minimum atomic E-state index is -1.41. The second-order valence-electron chi connectivity index (χ2n) is 5.30. The summed E-state index contributed by atoms with van der Waals surface area (Å²) >= 11 is 0. The van der Waals surface area contributed by atoms with E-state index in [1.54, 1.807) is 6.07 Å². The van der Waals surface area contributed by atoms with Crippen molar-refractivity contribution in [3.63, 3.8) is 0 Å². The van der Waals surface area contributed by atoms with Crippen LogP contribution in [0.4, 0.5) is 0 Å². The maximum absolute atomic E-state index is 12.3. The number of carboxylic acid groups (broad SMARTS) is 1. The zero-order valence-electron chi connectivity index (χ0n) is 15.7. The Labute approximate surface area is 170 Å². The van der Waals surface area contributed by atoms with Gasteiger partial charge >= 0.3 is 5.97 Å². The van der Waals surface area contributed by atoms with Crippen molar-refractivity contribution < 1.29 is 44.7 Å². The van der Waals surface area contributed by atoms with Crippen molar-refractivity contribution >= 4 is 11.9 Å². The molecular weight excluding hydrogens is 402 g/mol. The van der Waals surface area contributed by atoms with Gasteiger partial charge < -0.3 is 20.4 Å². The summed E-state index contributed by atoms with van der Waals surface area (Å²) in [5.74, 6) is 2.48. The SMILES string of the molecule is C=C=C(C(=O)O)C(=CC=COON)C(=O)NCNOCc1ccc(O)cc1COO. The first-order chi connectivity index (χ1) is 14.4. The van der Waals surface area contributed by atoms with Gasteiger partial charge in [0.2, 0.25) is 0 Å². The van der Waals surface area contributed by atoms with Gasteiger partial charge in [0.25, 0.3) is 5.91 Å². The number of benzene rings is 1. The third-order valence-electron chi connectivity index (χ3n) is 3.42. The molecule has 0 aromatic heterocycles. The largest absolute Gasteiger partial charge is 0.508 e. The molecule has 0 heterocycles. The van der Waals surface area contributed by atoms with Crippen molar-refractivity contribution in [3.05, 3.63) is 71.2 Å². The van der Waals surface area contributed by atoms with Crippen molar-refractivity contribution in [1.82, 2.24) is 10.8 Å². The first-order valence-corrected chi connectivity index (χ1v) is 8.17. The first-order valence-electron chi connectivity index (χ1n) is 8.17. The maximum atomic E-state index is 12.3. The van der Waals surface area contributed by atoms with Gasteiger partial charge in [-0.15, -0.1) is 5.73 Å². The molecule has 0 saturated heterocycles. The molecule has 0 radical (unpaired) electrons. The summed E-state index contributed by atoms with van der Waals surface area (Å²) in [6.45, 7) is 2.93. The maximum Gasteiger partial charge on any atom is 0.344 e. The molecule has 30 heavy (non-hydrogen) atoms. The predicted octanol–water partition coefficient (Wildman–Crippen LogP) is 0.535. The van der Waals surface area contributed by atoms with Gasteiger partial charge in [-0.2, -0.15) is 11.4 Å². The van der Waals surface area contributed by atoms with Crippen molar-refractivity contribution in [2.24, 2.45) is 5.90 Å². The summed E-state index contributed by atoms with van der Waals surface area (Å²) in [5.41, 5.74) is 5.01. The summed E-state index contributed by atoms with van der Waals surface area (Å²) in [6.07, 6.45) is 3.29. The van der Waals surface area contributed by atoms with Crippen LogP contribution in [0.25, 0.3) is 0 Å². The van der Waals surface area contributed by atoms with E-state index in [2.05, 4.69) is 43.8 Å². The van der Waals surface area contributed by atoms with Gasteiger partial charge in [0.1, 0.15) is 24.2 Å². The molecule has 0 spiro atoms. The molecule has 0 fully saturated rings. The Hall–Kier alpha value is -3.48. The second-order valence-corrected chi connectivity index (χ2v) is 5.30. The molecule has 1 amide bonds. The average Bonchev–Trinajstić information content (AvgIpc) is 2.71. The van der Waals surface area contributed by atoms with Gasteiger partial charge in [-0.3, -0.25) is 14.9 Å². The van der Waals surface area contributed by atoms with Crippen LogP contribution in [0.1, 0.15) is 11.1 Å². The fraction of sp³-hybridized carbons (Fsp3) is 0.167. The van der Waals surface area contributed by atoms with Gasteiger partial charge in [0, 0.05) is 0 Å². The number of allylic oxidation sites excluding steroid dienone is 2. The Morgan fingerprint density at radius 2 is 2.03 bits per heavy atom. The minimum absolute atomic E-state index is 0.00711. The number of hydrogen-bond acceptors (Lipinski definition) is 10. The molecule has 0 aliphatic carbocycles. The Morgan fingerprint density at radius 1 is 1.27 bits per heavy atom. The molecule has 0 aliphatic rings. The van der Waals surface area contributed by atoms with E-state index >= 15 is 0 Å². The Balaban J connectivity index is 2.66. The zero-order valence-corrected chi connectivity index (χ0v) is 15.7. The summed E-state index contributed by atoms with van der Waals surface area (Å²) in [7, 11) is 0. The number of amides is 1. The summed E-state index contributed by atoms with van der Waals surface area (Å²) in [5, 5.41) is 29.6. The van der Waals surface area contributed by atoms with Crippen LogP contribution in [0.3, 0.4) is 0 Å². The number of phenols is 1. The monoisotopic (exact) mass is 423 g/mol. The molecule has 0 bridgehead atoms. The van der Waals surface area contributed by atoms with Crippen LogP contribution in [0, 0.1) is 0 Å². The zero-order chi connectivity index (χ0) is 22.4. The molecule has 12 nitrogen and oxygen atoms in total. The van der Waals surface area contributed by atoms with E-state index in [0.29, 0.717) is 11.1 Å². The molecule has 1 aromatic rings. The number of carboxylic acids is 1. The fourth-order valence-corrected chi connectivity index (χ4v) is 2.11. The molecule has 7 N–H and O–H groups in total. The summed E-state index contributed by atoms with van der Waals surface area (Å²) in [6, 6.07) is 4.40. The number of aliphatic carboxylic acids is 1. The number of hydrogen-bond donors (Lipinski definition) is 6. The molecule has 0 unspecified atom stereocenters. The van der Waals surface area contributed by atoms with E-state index in [-0.39, 0.29) is 31.2 Å². The Kier molecular flexibility index (Phi) is 11.2. The number of carbonyl (C=O) groups excluding carboxylic acids is 1. The van der Waals surface area contributed by atoms with Crippen LogP contribution in [-0.2, 0) is 42.4 Å². The quantitative estimate of drug-likeness (QED) is 0.0380. The van der Waals surface area contributed by atoms with E-state index in [1.165, 1.54) is 18.2 Å². The molecular formula is C18H21N3O9. The topological polar surface area (TPSA) is 182 Å². The highest BCUT2D eigenvalue weighted by molar-refractivity contribution is 6.08. The Morgan fingerprint density at radius 3 is 2.67 bits per heavy atom. The molecule has 1 rings (SSSR count). The van der Waals surface area contributed by atoms with Crippen molar-refractivity contribution in [2.75, 3.05) is 6.67 Å². The van der Waals surface area contributed by atoms with Crippen LogP contribution in [0.2, 0.25) is 0 Å². The Bertz CT molecular complexity index is 845. The second kappa shape index (κ2) is 13.7. The first kappa shape index (κ1) is 24.6. The number of phenolic OH excluding ortho intramolecular Hbond substituents is 1. The van der Waals surface area contributed by atoms with Gasteiger partial charge in [-0.05, 0) is 35.4 Å². The highest BCUT2D eigenvalue weighted by Gasteiger charge is 2.19. The van der Waals surface area contributed by atoms with Crippen LogP contribution in [0.5, 0.6) is 5.75 Å². The number of nitrogens with two attached hydrogens (primary N) is 1. The lowest BCUT2D eigenvalue weighted by molar-refractivity contribution is -0.253. The number of aromatic hydroxyl groups is 1. The van der Waals surface area contributed by atoms with E-state index in [1.807, 2.05) is 0 Å². The summed E-state index contributed by atoms with van der Waals surface area (Å²) < 4.78 is 0. The van der Waals surface area contributed by atoms with Gasteiger partial charge in [0.05, 0.1) is 18.8 Å². The number of rotatable bonds is 13. The molecule has 1 aromatic carbocycles. The predicted molar refractivity (Wildman–Crippen MR) is 100 cm³/mol. The third-order valence-corrected chi connectivity index (χ3v) is 3.42. The van der Waals surface area contributed by atoms with Gasteiger partial charge in [0.15, 0.2) is 0 Å². The lowest BCUT2D eigenvalue weighted by Gasteiger charge is -2.12. The highest BCUT2D eigenvalue weighted by atomic mass is 17.3. The molecule has 0 saturated carbocycles. The van der Waals surface area contributed by atoms with E-state index in [0.717, 1.165) is 12.3 Å². The van der Waals surface area contributed by atoms with E-state index in [9.17, 15) is 19.8 Å². The smallest absolute Gasteiger partial charge is 0.344 e. The standard InChI is InChI=1S/C18H21N3O9/c1-2-15(18(24)25)16(4-3-7-29-30-19)17(23)20-11-21-27-9-12-5-6-14(22)8-13(12)10-28-26/h3-8,21-22,26H,1,9-11,19H2,(H,20,23)(H,24,25). The van der Waals surface area contributed by atoms with Crippen LogP contribution in [0.15, 0.2) is 60.1 Å². The fourth-order valence-electron chi connectivity index (χ4n) is 2.11. The molecule has 162 valence electrons. The molecule has 0 atom stereocenters. The van der Waals surface area contributed by atoms with E-state index < -0.39 is 17.4 Å². The molecule has 0 aliphatic heterocycles. The number of hydroxylamine groups is 1. The highest BCUT2D eigenvalue weighted by Crippen LogP contribution is 2.18. The lowest BCUT2D eigenvalue weighted by atomic mass is 10.1. The lowest BCUT2D eigenvalue weighted by Crippen LogP contribution is -2.35. The van der Waals surface area contributed by atoms with Crippen LogP contribution >= 0.6 is 0 Å². The van der Waals surface area contributed by atoms with Crippen LogP contribution in [-0.4, -0.2) is 34.0 Å². The van der Waals surface area contributed by atoms with Crippen molar-refractivity contribution in [1.29, 1.82) is 0 Å². The molecule has 12 heteroatoms. The minimum Gasteiger partial charge on any atom is -0.508 e. The van der Waals surface area contributed by atoms with Crippen molar-refractivity contribution in [3.8, 4) is 5.75 Å². The van der Waals surface area contributed by atoms with E-state index in [4.69, 9.17) is 10.1 Å². The average molecular weight is 423 g/mol. The van der Waals surface area contributed by atoms with Gasteiger partial charge in [-0.1, -0.05) is 17.6 Å². The normalized spacial score (nSPS) is 11.2. The number of nitrogens with one attached hydrogen (secondary N) is 2.